The van der Waals surface area contributed by atoms with Gasteiger partial charge in [0.2, 0.25) is 0 Å². The molecule has 30 heavy (non-hydrogen) atoms. The van der Waals surface area contributed by atoms with Crippen molar-refractivity contribution in [2.24, 2.45) is 11.8 Å². The molecule has 0 bridgehead atoms. The number of rotatable bonds is 4. The minimum Gasteiger partial charge on any atom is -0.143 e. The van der Waals surface area contributed by atoms with Crippen molar-refractivity contribution in [3.8, 4) is 0 Å². The third-order valence-corrected chi connectivity index (χ3v) is 6.48. The molecule has 2 fully saturated rings. The molecule has 0 N–H and O–H groups in total. The van der Waals surface area contributed by atoms with E-state index in [2.05, 4.69) is 83.5 Å². The Kier molecular flexibility index (Phi) is 19.1. The Morgan fingerprint density at radius 2 is 1.30 bits per heavy atom. The van der Waals surface area contributed by atoms with E-state index in [1.54, 1.807) is 0 Å². The first-order valence-electron chi connectivity index (χ1n) is 12.6. The average Bonchev–Trinajstić information content (AvgIpc) is 2.77. The molecule has 1 aromatic carbocycles. The summed E-state index contributed by atoms with van der Waals surface area (Å²) in [5.41, 5.74) is 2.93. The monoisotopic (exact) mass is 450 g/mol. The third-order valence-electron chi connectivity index (χ3n) is 6.22. The van der Waals surface area contributed by atoms with Crippen LogP contribution in [0.5, 0.6) is 0 Å². The van der Waals surface area contributed by atoms with Crippen molar-refractivity contribution in [1.82, 2.24) is 0 Å². The molecule has 0 aliphatic heterocycles. The molecule has 0 heterocycles. The van der Waals surface area contributed by atoms with Crippen molar-refractivity contribution in [3.63, 3.8) is 0 Å². The SMILES string of the molecule is C=S.CC(C)c1cc(S)cc(CC2CCCCC2)c1.CCC.CCC1CCCCC1. The van der Waals surface area contributed by atoms with Crippen molar-refractivity contribution in [1.29, 1.82) is 0 Å². The largest absolute Gasteiger partial charge is 0.143 e. The van der Waals surface area contributed by atoms with Crippen LogP contribution in [0.2, 0.25) is 0 Å². The lowest BCUT2D eigenvalue weighted by atomic mass is 9.84. The zero-order valence-corrected chi connectivity index (χ0v) is 22.4. The van der Waals surface area contributed by atoms with Gasteiger partial charge >= 0.3 is 0 Å². The minimum atomic E-state index is 0.604. The van der Waals surface area contributed by atoms with Crippen LogP contribution in [0.25, 0.3) is 0 Å². The van der Waals surface area contributed by atoms with E-state index in [0.717, 1.165) is 16.7 Å². The summed E-state index contributed by atoms with van der Waals surface area (Å²) in [5.74, 6) is 5.44. The van der Waals surface area contributed by atoms with Crippen molar-refractivity contribution in [3.05, 3.63) is 29.3 Å². The van der Waals surface area contributed by atoms with Crippen LogP contribution in [0.3, 0.4) is 0 Å². The van der Waals surface area contributed by atoms with Crippen LogP contribution in [-0.4, -0.2) is 5.87 Å². The summed E-state index contributed by atoms with van der Waals surface area (Å²) in [6.45, 7) is 11.1. The van der Waals surface area contributed by atoms with Crippen molar-refractivity contribution in [2.45, 2.75) is 129 Å². The Bertz CT molecular complexity index is 511. The minimum absolute atomic E-state index is 0.604. The highest BCUT2D eigenvalue weighted by molar-refractivity contribution is 7.80. The second-order valence-electron chi connectivity index (χ2n) is 9.42. The first kappa shape index (κ1) is 29.7. The second kappa shape index (κ2) is 19.4. The van der Waals surface area contributed by atoms with Crippen molar-refractivity contribution < 1.29 is 0 Å². The molecule has 2 saturated carbocycles. The molecule has 0 aromatic heterocycles. The number of thiol groups is 1. The quantitative estimate of drug-likeness (QED) is 0.351. The van der Waals surface area contributed by atoms with Crippen molar-refractivity contribution in [2.75, 3.05) is 0 Å². The van der Waals surface area contributed by atoms with Crippen LogP contribution in [0.15, 0.2) is 23.1 Å². The number of hydrogen-bond acceptors (Lipinski definition) is 2. The number of hydrogen-bond donors (Lipinski definition) is 1. The average molecular weight is 451 g/mol. The summed E-state index contributed by atoms with van der Waals surface area (Å²) in [6.07, 6.45) is 18.6. The van der Waals surface area contributed by atoms with Gasteiger partial charge in [-0.25, -0.2) is 0 Å². The van der Waals surface area contributed by atoms with E-state index in [4.69, 9.17) is 0 Å². The molecule has 2 aliphatic rings. The highest BCUT2D eigenvalue weighted by Crippen LogP contribution is 2.29. The van der Waals surface area contributed by atoms with E-state index < -0.39 is 0 Å². The van der Waals surface area contributed by atoms with Gasteiger partial charge in [0.15, 0.2) is 0 Å². The molecule has 0 saturated heterocycles. The van der Waals surface area contributed by atoms with Gasteiger partial charge in [0.05, 0.1) is 0 Å². The lowest BCUT2D eigenvalue weighted by molar-refractivity contribution is 0.349. The zero-order chi connectivity index (χ0) is 22.8. The number of benzene rings is 1. The molecule has 3 rings (SSSR count). The van der Waals surface area contributed by atoms with Crippen LogP contribution in [0.4, 0.5) is 0 Å². The highest BCUT2D eigenvalue weighted by Gasteiger charge is 2.14. The van der Waals surface area contributed by atoms with Crippen LogP contribution in [-0.2, 0) is 6.42 Å². The molecule has 0 unspecified atom stereocenters. The van der Waals surface area contributed by atoms with Gasteiger partial charge in [-0.2, -0.15) is 0 Å². The van der Waals surface area contributed by atoms with E-state index in [9.17, 15) is 0 Å². The van der Waals surface area contributed by atoms with E-state index >= 15 is 0 Å². The van der Waals surface area contributed by atoms with Crippen LogP contribution < -0.4 is 0 Å². The Hall–Kier alpha value is -0.340. The maximum Gasteiger partial charge on any atom is 0.00455 e. The maximum absolute atomic E-state index is 4.54. The standard InChI is InChI=1S/C16H24S.C8H16.C3H8.CH2S/c1-12(2)15-9-14(10-16(17)11-15)8-13-6-4-3-5-7-13;1-2-8-6-4-3-5-7-8;1-3-2;1-2/h9-13,17H,3-8H2,1-2H3;8H,2-7H2,1H3;3H2,1-2H3;1H2. The lowest BCUT2D eigenvalue weighted by Crippen LogP contribution is -2.09. The Labute approximate surface area is 200 Å². The van der Waals surface area contributed by atoms with Gasteiger partial charge in [-0.3, -0.25) is 0 Å². The molecular weight excluding hydrogens is 400 g/mol. The normalized spacial score (nSPS) is 17.0. The lowest BCUT2D eigenvalue weighted by Gasteiger charge is -2.22. The molecule has 0 spiro atoms. The van der Waals surface area contributed by atoms with E-state index in [1.807, 2.05) is 0 Å². The van der Waals surface area contributed by atoms with Gasteiger partial charge in [0.25, 0.3) is 0 Å². The zero-order valence-electron chi connectivity index (χ0n) is 20.7. The van der Waals surface area contributed by atoms with E-state index in [-0.39, 0.29) is 0 Å². The summed E-state index contributed by atoms with van der Waals surface area (Å²) in [5, 5.41) is 0. The topological polar surface area (TPSA) is 0 Å². The van der Waals surface area contributed by atoms with Gasteiger partial charge in [-0.1, -0.05) is 130 Å². The Morgan fingerprint density at radius 3 is 1.70 bits per heavy atom. The van der Waals surface area contributed by atoms with Crippen LogP contribution in [0, 0.1) is 11.8 Å². The summed E-state index contributed by atoms with van der Waals surface area (Å²) < 4.78 is 0. The van der Waals surface area contributed by atoms with Gasteiger partial charge in [-0.15, -0.1) is 12.6 Å². The van der Waals surface area contributed by atoms with Gasteiger partial charge in [0, 0.05) is 4.90 Å². The second-order valence-corrected chi connectivity index (χ2v) is 9.93. The highest BCUT2D eigenvalue weighted by atomic mass is 32.1. The Balaban J connectivity index is 0.000000539. The van der Waals surface area contributed by atoms with Gasteiger partial charge < -0.3 is 0 Å². The molecule has 0 nitrogen and oxygen atoms in total. The predicted molar refractivity (Wildman–Crippen MR) is 146 cm³/mol. The number of thiocarbonyl (C=S) groups is 1. The molecule has 0 radical (unpaired) electrons. The first-order chi connectivity index (χ1) is 14.5. The maximum atomic E-state index is 4.54. The summed E-state index contributed by atoms with van der Waals surface area (Å²) in [4.78, 5) is 1.13. The molecule has 174 valence electrons. The molecule has 2 aliphatic carbocycles. The van der Waals surface area contributed by atoms with E-state index in [1.165, 1.54) is 94.6 Å². The fraction of sp³-hybridized carbons (Fsp3) is 0.750. The van der Waals surface area contributed by atoms with Gasteiger partial charge in [0.1, 0.15) is 0 Å². The van der Waals surface area contributed by atoms with Gasteiger partial charge in [-0.05, 0) is 53.3 Å². The van der Waals surface area contributed by atoms with Crippen LogP contribution >= 0.6 is 24.8 Å². The summed E-state index contributed by atoms with van der Waals surface area (Å²) in [7, 11) is 0. The molecule has 0 amide bonds. The van der Waals surface area contributed by atoms with Crippen molar-refractivity contribution >= 4 is 30.7 Å². The summed E-state index contributed by atoms with van der Waals surface area (Å²) in [6, 6.07) is 6.85. The fourth-order valence-electron chi connectivity index (χ4n) is 4.47. The first-order valence-corrected chi connectivity index (χ1v) is 13.6. The summed E-state index contributed by atoms with van der Waals surface area (Å²) >= 11 is 8.37. The predicted octanol–water partition coefficient (Wildman–Crippen LogP) is 10.2. The molecule has 1 aromatic rings. The fourth-order valence-corrected chi connectivity index (χ4v) is 4.79. The molecular formula is C28H50S2. The molecule has 0 atom stereocenters. The third kappa shape index (κ3) is 13.9. The smallest absolute Gasteiger partial charge is 0.00455 e. The Morgan fingerprint density at radius 1 is 0.833 bits per heavy atom. The van der Waals surface area contributed by atoms with Crippen LogP contribution in [0.1, 0.15) is 129 Å². The van der Waals surface area contributed by atoms with E-state index in [0.29, 0.717) is 5.92 Å². The molecule has 2 heteroatoms.